The zero-order valence-electron chi connectivity index (χ0n) is 16.6. The highest BCUT2D eigenvalue weighted by molar-refractivity contribution is 8.01. The number of benzene rings is 2. The van der Waals surface area contributed by atoms with E-state index in [0.29, 0.717) is 16.7 Å². The van der Waals surface area contributed by atoms with Crippen LogP contribution >= 0.6 is 23.1 Å². The van der Waals surface area contributed by atoms with Gasteiger partial charge in [-0.15, -0.1) is 10.2 Å². The van der Waals surface area contributed by atoms with E-state index in [0.717, 1.165) is 14.4 Å². The smallest absolute Gasteiger partial charge is 0.264 e. The van der Waals surface area contributed by atoms with E-state index in [-0.39, 0.29) is 11.4 Å². The van der Waals surface area contributed by atoms with E-state index in [1.165, 1.54) is 23.5 Å². The molecule has 30 heavy (non-hydrogen) atoms. The zero-order chi connectivity index (χ0) is 21.6. The number of anilines is 2. The van der Waals surface area contributed by atoms with E-state index in [1.807, 2.05) is 0 Å². The first-order valence-electron chi connectivity index (χ1n) is 9.25. The Morgan fingerprint density at radius 1 is 1.07 bits per heavy atom. The van der Waals surface area contributed by atoms with Crippen molar-refractivity contribution >= 4 is 49.8 Å². The topological polar surface area (TPSA) is 92.3 Å². The second kappa shape index (κ2) is 10.1. The fourth-order valence-electron chi connectivity index (χ4n) is 2.47. The number of hydrogen-bond acceptors (Lipinski definition) is 7. The molecular formula is C20H22N4O3S3. The highest BCUT2D eigenvalue weighted by atomic mass is 32.2. The number of nitrogens with zero attached hydrogens (tertiary/aromatic N) is 3. The first-order chi connectivity index (χ1) is 14.4. The number of sulfonamides is 1. The minimum atomic E-state index is -3.92. The molecule has 0 aliphatic carbocycles. The second-order valence-corrected chi connectivity index (χ2v) is 10.9. The molecule has 0 radical (unpaired) electrons. The van der Waals surface area contributed by atoms with Crippen molar-refractivity contribution in [2.24, 2.45) is 5.92 Å². The molecule has 0 saturated heterocycles. The van der Waals surface area contributed by atoms with Gasteiger partial charge in [0.2, 0.25) is 11.0 Å². The number of thioether (sulfide) groups is 1. The molecule has 158 valence electrons. The second-order valence-electron chi connectivity index (χ2n) is 6.79. The van der Waals surface area contributed by atoms with Crippen molar-refractivity contribution in [3.05, 3.63) is 60.7 Å². The van der Waals surface area contributed by atoms with E-state index in [4.69, 9.17) is 0 Å². The average Bonchev–Trinajstić information content (AvgIpc) is 3.19. The van der Waals surface area contributed by atoms with Crippen molar-refractivity contribution in [2.45, 2.75) is 23.1 Å². The van der Waals surface area contributed by atoms with Gasteiger partial charge in [-0.05, 0) is 30.2 Å². The van der Waals surface area contributed by atoms with Gasteiger partial charge in [-0.25, -0.2) is 8.42 Å². The Morgan fingerprint density at radius 3 is 2.33 bits per heavy atom. The molecule has 7 nitrogen and oxygen atoms in total. The molecule has 1 heterocycles. The Labute approximate surface area is 184 Å². The third-order valence-electron chi connectivity index (χ3n) is 3.86. The minimum absolute atomic E-state index is 0.116. The van der Waals surface area contributed by atoms with Gasteiger partial charge in [-0.2, -0.15) is 0 Å². The van der Waals surface area contributed by atoms with Gasteiger partial charge in [0.15, 0.2) is 4.34 Å². The fraction of sp³-hybridized carbons (Fsp3) is 0.250. The van der Waals surface area contributed by atoms with Crippen LogP contribution in [0.4, 0.5) is 10.8 Å². The highest BCUT2D eigenvalue weighted by Crippen LogP contribution is 2.27. The quantitative estimate of drug-likeness (QED) is 0.380. The number of para-hydroxylation sites is 1. The van der Waals surface area contributed by atoms with Crippen molar-refractivity contribution in [2.75, 3.05) is 21.9 Å². The molecule has 1 amide bonds. The van der Waals surface area contributed by atoms with E-state index in [1.54, 1.807) is 60.3 Å². The van der Waals surface area contributed by atoms with Gasteiger partial charge >= 0.3 is 0 Å². The lowest BCUT2D eigenvalue weighted by Gasteiger charge is -2.23. The van der Waals surface area contributed by atoms with Gasteiger partial charge in [0.25, 0.3) is 10.0 Å². The van der Waals surface area contributed by atoms with Gasteiger partial charge < -0.3 is 0 Å². The van der Waals surface area contributed by atoms with Gasteiger partial charge in [0.1, 0.15) is 6.54 Å². The molecule has 1 N–H and O–H groups in total. The number of aromatic nitrogens is 2. The molecule has 0 saturated carbocycles. The Bertz CT molecular complexity index is 1070. The Kier molecular flexibility index (Phi) is 7.46. The lowest BCUT2D eigenvalue weighted by atomic mass is 10.3. The predicted octanol–water partition coefficient (Wildman–Crippen LogP) is 4.12. The third kappa shape index (κ3) is 5.80. The first-order valence-corrected chi connectivity index (χ1v) is 12.5. The van der Waals surface area contributed by atoms with Crippen LogP contribution in [0.1, 0.15) is 13.8 Å². The number of carbonyl (C=O) groups is 1. The van der Waals surface area contributed by atoms with Crippen LogP contribution in [-0.4, -0.2) is 36.8 Å². The summed E-state index contributed by atoms with van der Waals surface area (Å²) in [6.45, 7) is 3.85. The summed E-state index contributed by atoms with van der Waals surface area (Å²) in [5, 5.41) is 11.0. The molecule has 0 unspecified atom stereocenters. The standard InChI is InChI=1S/C20H22N4O3S3/c1-15(2)14-28-20-23-22-19(29-20)21-18(25)13-24(16-9-5-3-6-10-16)30(26,27)17-11-7-4-8-12-17/h3-12,15H,13-14H2,1-2H3,(H,21,22,25). The largest absolute Gasteiger partial charge is 0.299 e. The summed E-state index contributed by atoms with van der Waals surface area (Å²) in [6, 6.07) is 16.6. The average molecular weight is 463 g/mol. The molecule has 0 fully saturated rings. The van der Waals surface area contributed by atoms with Gasteiger partial charge in [-0.3, -0.25) is 14.4 Å². The van der Waals surface area contributed by atoms with Crippen molar-refractivity contribution in [3.63, 3.8) is 0 Å². The first kappa shape index (κ1) is 22.3. The van der Waals surface area contributed by atoms with Crippen LogP contribution in [0.25, 0.3) is 0 Å². The fourth-order valence-corrected chi connectivity index (χ4v) is 5.66. The third-order valence-corrected chi connectivity index (χ3v) is 8.04. The number of nitrogens with one attached hydrogen (secondary N) is 1. The maximum atomic E-state index is 13.2. The van der Waals surface area contributed by atoms with Crippen molar-refractivity contribution in [3.8, 4) is 0 Å². The summed E-state index contributed by atoms with van der Waals surface area (Å²) in [5.74, 6) is 0.925. The SMILES string of the molecule is CC(C)CSc1nnc(NC(=O)CN(c2ccccc2)S(=O)(=O)c2ccccc2)s1. The maximum absolute atomic E-state index is 13.2. The van der Waals surface area contributed by atoms with Crippen LogP contribution < -0.4 is 9.62 Å². The summed E-state index contributed by atoms with van der Waals surface area (Å²) >= 11 is 2.85. The summed E-state index contributed by atoms with van der Waals surface area (Å²) in [6.07, 6.45) is 0. The molecule has 3 aromatic rings. The maximum Gasteiger partial charge on any atom is 0.264 e. The highest BCUT2D eigenvalue weighted by Gasteiger charge is 2.27. The molecule has 3 rings (SSSR count). The molecule has 0 aliphatic heterocycles. The number of amides is 1. The normalized spacial score (nSPS) is 11.4. The summed E-state index contributed by atoms with van der Waals surface area (Å²) < 4.78 is 28.2. The van der Waals surface area contributed by atoms with Gasteiger partial charge in [0.05, 0.1) is 10.6 Å². The van der Waals surface area contributed by atoms with Gasteiger partial charge in [-0.1, -0.05) is 73.3 Å². The van der Waals surface area contributed by atoms with Crippen LogP contribution in [0, 0.1) is 5.92 Å². The van der Waals surface area contributed by atoms with Crippen LogP contribution in [0.5, 0.6) is 0 Å². The van der Waals surface area contributed by atoms with Crippen molar-refractivity contribution in [1.82, 2.24) is 10.2 Å². The van der Waals surface area contributed by atoms with E-state index in [2.05, 4.69) is 29.4 Å². The molecule has 0 atom stereocenters. The van der Waals surface area contributed by atoms with Gasteiger partial charge in [0, 0.05) is 5.75 Å². The Balaban J connectivity index is 1.78. The predicted molar refractivity (Wildman–Crippen MR) is 122 cm³/mol. The Morgan fingerprint density at radius 2 is 1.70 bits per heavy atom. The van der Waals surface area contributed by atoms with E-state index < -0.39 is 15.9 Å². The van der Waals surface area contributed by atoms with Crippen LogP contribution in [0.2, 0.25) is 0 Å². The summed E-state index contributed by atoms with van der Waals surface area (Å²) in [5.41, 5.74) is 0.405. The van der Waals surface area contributed by atoms with Crippen LogP contribution in [0.15, 0.2) is 69.9 Å². The number of carbonyl (C=O) groups excluding carboxylic acids is 1. The van der Waals surface area contributed by atoms with Crippen molar-refractivity contribution in [1.29, 1.82) is 0 Å². The lowest BCUT2D eigenvalue weighted by Crippen LogP contribution is -2.38. The minimum Gasteiger partial charge on any atom is -0.299 e. The molecule has 1 aromatic heterocycles. The molecule has 0 spiro atoms. The molecule has 10 heteroatoms. The summed E-state index contributed by atoms with van der Waals surface area (Å²) in [7, 11) is -3.92. The molecule has 0 aliphatic rings. The summed E-state index contributed by atoms with van der Waals surface area (Å²) in [4.78, 5) is 12.8. The monoisotopic (exact) mass is 462 g/mol. The zero-order valence-corrected chi connectivity index (χ0v) is 19.0. The van der Waals surface area contributed by atoms with Crippen LogP contribution in [0.3, 0.4) is 0 Å². The number of hydrogen-bond donors (Lipinski definition) is 1. The molecular weight excluding hydrogens is 440 g/mol. The van der Waals surface area contributed by atoms with E-state index in [9.17, 15) is 13.2 Å². The molecule has 2 aromatic carbocycles. The number of rotatable bonds is 9. The lowest BCUT2D eigenvalue weighted by molar-refractivity contribution is -0.114. The van der Waals surface area contributed by atoms with Crippen LogP contribution in [-0.2, 0) is 14.8 Å². The molecule has 0 bridgehead atoms. The van der Waals surface area contributed by atoms with E-state index >= 15 is 0 Å². The Hall–Kier alpha value is -2.43. The van der Waals surface area contributed by atoms with Crippen molar-refractivity contribution < 1.29 is 13.2 Å².